The van der Waals surface area contributed by atoms with Crippen LogP contribution in [0.15, 0.2) is 60.6 Å². The number of aryl methyl sites for hydroxylation is 1. The summed E-state index contributed by atoms with van der Waals surface area (Å²) in [6.07, 6.45) is 4.53. The van der Waals surface area contributed by atoms with Gasteiger partial charge in [-0.2, -0.15) is 0 Å². The number of nitrogens with zero attached hydrogens (tertiary/aromatic N) is 4. The van der Waals surface area contributed by atoms with Crippen molar-refractivity contribution in [3.8, 4) is 11.3 Å². The number of rotatable bonds is 9. The van der Waals surface area contributed by atoms with Gasteiger partial charge in [0, 0.05) is 35.3 Å². The molecule has 0 saturated carbocycles. The number of amides is 1. The minimum absolute atomic E-state index is 0.0181. The van der Waals surface area contributed by atoms with Crippen LogP contribution in [0.4, 0.5) is 14.6 Å². The Labute approximate surface area is 212 Å². The van der Waals surface area contributed by atoms with Crippen molar-refractivity contribution in [1.82, 2.24) is 35.7 Å². The lowest BCUT2D eigenvalue weighted by molar-refractivity contribution is 0.0945. The predicted octanol–water partition coefficient (Wildman–Crippen LogP) is 4.14. The number of hydrogen-bond acceptors (Lipinski definition) is 6. The molecule has 1 aliphatic rings. The molecule has 37 heavy (non-hydrogen) atoms. The maximum absolute atomic E-state index is 14.7. The van der Waals surface area contributed by atoms with Gasteiger partial charge in [0.1, 0.15) is 17.8 Å². The molecular formula is C26H26F2N8O. The summed E-state index contributed by atoms with van der Waals surface area (Å²) < 4.78 is 30.2. The number of hydrazine groups is 1. The Hall–Kier alpha value is -4.54. The Balaban J connectivity index is 1.12. The number of benzene rings is 1. The van der Waals surface area contributed by atoms with Gasteiger partial charge in [0.05, 0.1) is 18.4 Å². The number of anilines is 1. The quantitative estimate of drug-likeness (QED) is 0.273. The van der Waals surface area contributed by atoms with E-state index in [1.54, 1.807) is 24.4 Å². The van der Waals surface area contributed by atoms with Crippen molar-refractivity contribution in [2.24, 2.45) is 0 Å². The molecule has 1 amide bonds. The predicted molar refractivity (Wildman–Crippen MR) is 135 cm³/mol. The first-order valence-corrected chi connectivity index (χ1v) is 11.9. The second kappa shape index (κ2) is 10.6. The van der Waals surface area contributed by atoms with Crippen LogP contribution in [-0.2, 0) is 13.1 Å². The molecule has 11 heteroatoms. The van der Waals surface area contributed by atoms with Crippen LogP contribution in [0.3, 0.4) is 0 Å². The zero-order valence-electron chi connectivity index (χ0n) is 20.1. The fourth-order valence-electron chi connectivity index (χ4n) is 3.99. The van der Waals surface area contributed by atoms with E-state index in [0.29, 0.717) is 30.0 Å². The fourth-order valence-corrected chi connectivity index (χ4v) is 3.99. The highest BCUT2D eigenvalue weighted by Gasteiger charge is 2.18. The maximum Gasteiger partial charge on any atom is 0.273 e. The van der Waals surface area contributed by atoms with Crippen LogP contribution in [0.5, 0.6) is 0 Å². The fraction of sp³-hybridized carbons (Fsp3) is 0.231. The number of allylic oxidation sites excluding steroid dienone is 1. The Bertz CT molecular complexity index is 1430. The van der Waals surface area contributed by atoms with Crippen molar-refractivity contribution >= 4 is 17.8 Å². The van der Waals surface area contributed by atoms with E-state index in [9.17, 15) is 13.6 Å². The third-order valence-corrected chi connectivity index (χ3v) is 6.00. The Kier molecular flexibility index (Phi) is 6.93. The second-order valence-corrected chi connectivity index (χ2v) is 8.87. The minimum Gasteiger partial charge on any atom is -0.346 e. The van der Waals surface area contributed by atoms with Gasteiger partial charge >= 0.3 is 0 Å². The molecular weight excluding hydrogens is 478 g/mol. The monoisotopic (exact) mass is 504 g/mol. The molecule has 4 heterocycles. The van der Waals surface area contributed by atoms with Crippen molar-refractivity contribution < 1.29 is 13.6 Å². The second-order valence-electron chi connectivity index (χ2n) is 8.87. The van der Waals surface area contributed by atoms with Gasteiger partial charge in [-0.1, -0.05) is 23.4 Å². The Morgan fingerprint density at radius 2 is 2.05 bits per heavy atom. The van der Waals surface area contributed by atoms with Crippen LogP contribution in [0.1, 0.15) is 40.2 Å². The molecule has 1 aromatic carbocycles. The molecule has 4 aromatic rings. The molecule has 0 saturated heterocycles. The van der Waals surface area contributed by atoms with Crippen molar-refractivity contribution in [1.29, 1.82) is 0 Å². The lowest BCUT2D eigenvalue weighted by Gasteiger charge is -2.18. The number of carbonyl (C=O) groups is 1. The van der Waals surface area contributed by atoms with Gasteiger partial charge in [0.25, 0.3) is 5.91 Å². The number of carbonyl (C=O) groups excluding carboxylic acids is 1. The molecule has 4 N–H and O–H groups in total. The third kappa shape index (κ3) is 5.83. The van der Waals surface area contributed by atoms with Gasteiger partial charge in [-0.25, -0.2) is 13.5 Å². The van der Waals surface area contributed by atoms with Gasteiger partial charge < -0.3 is 15.7 Å². The van der Waals surface area contributed by atoms with Crippen LogP contribution in [-0.4, -0.2) is 37.0 Å². The first-order chi connectivity index (χ1) is 17.9. The van der Waals surface area contributed by atoms with Gasteiger partial charge in [0.2, 0.25) is 0 Å². The van der Waals surface area contributed by atoms with E-state index in [-0.39, 0.29) is 30.4 Å². The number of nitrogens with one attached hydrogen (secondary N) is 4. The van der Waals surface area contributed by atoms with E-state index >= 15 is 0 Å². The molecule has 0 radical (unpaired) electrons. The van der Waals surface area contributed by atoms with E-state index in [2.05, 4.69) is 36.4 Å². The number of fused-ring (bicyclic) bond motifs is 1. The average molecular weight is 505 g/mol. The summed E-state index contributed by atoms with van der Waals surface area (Å²) in [5.74, 6) is 0.0173. The highest BCUT2D eigenvalue weighted by Crippen LogP contribution is 2.30. The molecule has 0 spiro atoms. The normalized spacial score (nSPS) is 13.2. The summed E-state index contributed by atoms with van der Waals surface area (Å²) in [4.78, 5) is 19.7. The van der Waals surface area contributed by atoms with Gasteiger partial charge in [-0.05, 0) is 55.7 Å². The Morgan fingerprint density at radius 3 is 2.86 bits per heavy atom. The Morgan fingerprint density at radius 1 is 1.19 bits per heavy atom. The van der Waals surface area contributed by atoms with E-state index in [1.165, 1.54) is 16.9 Å². The summed E-state index contributed by atoms with van der Waals surface area (Å²) in [6.45, 7) is 2.18. The van der Waals surface area contributed by atoms with Crippen molar-refractivity contribution in [2.45, 2.75) is 39.0 Å². The standard InChI is InChI=1S/C26H26F2N8O/c1-16-6-7-17(12-29-16)13-30-26(37)24-15-36(35-33-24)14-19(27)8-9-20-10-18-11-23(31-25(18)34-32-20)21-4-2-3-5-22(21)28/h2-7,10-12,15,19,31-32,34H,8-9,13-14H2,1H3,(H,30,37). The molecule has 1 aliphatic heterocycles. The van der Waals surface area contributed by atoms with Crippen molar-refractivity contribution in [3.63, 3.8) is 0 Å². The first-order valence-electron chi connectivity index (χ1n) is 11.9. The van der Waals surface area contributed by atoms with E-state index in [1.807, 2.05) is 31.2 Å². The number of aromatic amines is 1. The molecule has 190 valence electrons. The van der Waals surface area contributed by atoms with E-state index < -0.39 is 6.17 Å². The highest BCUT2D eigenvalue weighted by molar-refractivity contribution is 5.91. The highest BCUT2D eigenvalue weighted by atomic mass is 19.1. The lowest BCUT2D eigenvalue weighted by atomic mass is 10.1. The molecule has 0 aliphatic carbocycles. The number of halogens is 2. The lowest BCUT2D eigenvalue weighted by Crippen LogP contribution is -2.25. The average Bonchev–Trinajstić information content (AvgIpc) is 3.54. The molecule has 3 aromatic heterocycles. The third-order valence-electron chi connectivity index (χ3n) is 6.00. The smallest absolute Gasteiger partial charge is 0.273 e. The molecule has 0 bridgehead atoms. The molecule has 5 rings (SSSR count). The van der Waals surface area contributed by atoms with Crippen LogP contribution in [0.25, 0.3) is 17.3 Å². The first kappa shape index (κ1) is 24.2. The van der Waals surface area contributed by atoms with E-state index in [0.717, 1.165) is 22.5 Å². The van der Waals surface area contributed by atoms with Gasteiger partial charge in [-0.15, -0.1) is 5.10 Å². The molecule has 0 fully saturated rings. The van der Waals surface area contributed by atoms with Gasteiger partial charge in [0.15, 0.2) is 5.69 Å². The topological polar surface area (TPSA) is 113 Å². The summed E-state index contributed by atoms with van der Waals surface area (Å²) in [5, 5.41) is 10.5. The number of alkyl halides is 1. The summed E-state index contributed by atoms with van der Waals surface area (Å²) in [5.41, 5.74) is 10.8. The molecule has 9 nitrogen and oxygen atoms in total. The zero-order chi connectivity index (χ0) is 25.8. The van der Waals surface area contributed by atoms with Crippen LogP contribution >= 0.6 is 0 Å². The van der Waals surface area contributed by atoms with Crippen LogP contribution in [0.2, 0.25) is 0 Å². The van der Waals surface area contributed by atoms with Crippen molar-refractivity contribution in [3.05, 3.63) is 88.9 Å². The summed E-state index contributed by atoms with van der Waals surface area (Å²) in [7, 11) is 0. The number of pyridine rings is 1. The molecule has 1 atom stereocenters. The van der Waals surface area contributed by atoms with Crippen LogP contribution < -0.4 is 16.2 Å². The van der Waals surface area contributed by atoms with Crippen LogP contribution in [0, 0.1) is 12.7 Å². The number of H-pyrrole nitrogens is 1. The number of hydrogen-bond donors (Lipinski definition) is 4. The van der Waals surface area contributed by atoms with Gasteiger partial charge in [-0.3, -0.25) is 15.2 Å². The SMILES string of the molecule is Cc1ccc(CNC(=O)c2cn(CC(F)CCC3=Cc4cc(-c5ccccc5F)[nH]c4NN3)nn2)cn1. The number of aromatic nitrogens is 5. The zero-order valence-corrected chi connectivity index (χ0v) is 20.1. The van der Waals surface area contributed by atoms with Crippen molar-refractivity contribution in [2.75, 3.05) is 5.43 Å². The summed E-state index contributed by atoms with van der Waals surface area (Å²) >= 11 is 0. The molecule has 1 unspecified atom stereocenters. The maximum atomic E-state index is 14.7. The largest absolute Gasteiger partial charge is 0.346 e. The summed E-state index contributed by atoms with van der Waals surface area (Å²) in [6, 6.07) is 12.2. The van der Waals surface area contributed by atoms with E-state index in [4.69, 9.17) is 0 Å². The minimum atomic E-state index is -1.19.